The van der Waals surface area contributed by atoms with Crippen LogP contribution in [0, 0.1) is 18.3 Å². The molecule has 0 bridgehead atoms. The molecule has 1 fully saturated rings. The van der Waals surface area contributed by atoms with Gasteiger partial charge in [0.05, 0.1) is 0 Å². The molecule has 0 aromatic carbocycles. The van der Waals surface area contributed by atoms with E-state index in [1.165, 1.54) is 25.0 Å². The summed E-state index contributed by atoms with van der Waals surface area (Å²) in [7, 11) is 0. The van der Waals surface area contributed by atoms with Crippen LogP contribution in [0.5, 0.6) is 0 Å². The molecule has 0 radical (unpaired) electrons. The lowest BCUT2D eigenvalue weighted by Gasteiger charge is -2.05. The number of nitrogen functional groups attached to an aromatic ring is 1. The zero-order valence-corrected chi connectivity index (χ0v) is 9.95. The summed E-state index contributed by atoms with van der Waals surface area (Å²) in [5, 5.41) is 4.26. The van der Waals surface area contributed by atoms with Crippen LogP contribution in [0.4, 0.5) is 5.82 Å². The van der Waals surface area contributed by atoms with Gasteiger partial charge >= 0.3 is 0 Å². The first-order chi connectivity index (χ1) is 6.99. The Labute approximate surface area is 91.7 Å². The van der Waals surface area contributed by atoms with Crippen molar-refractivity contribution >= 4 is 5.82 Å². The Kier molecular flexibility index (Phi) is 2.49. The van der Waals surface area contributed by atoms with Crippen molar-refractivity contribution in [3.8, 4) is 0 Å². The van der Waals surface area contributed by atoms with Crippen molar-refractivity contribution in [2.45, 2.75) is 46.6 Å². The minimum absolute atomic E-state index is 0.609. The Bertz CT molecular complexity index is 352. The standard InChI is InChI=1S/C12H21N3/c1-9-7-11(13)14-15(9)6-4-5-10-8-12(10,2)3/h7,10H,4-6,8H2,1-3H3,(H2,13,14). The van der Waals surface area contributed by atoms with Crippen molar-refractivity contribution in [1.29, 1.82) is 0 Å². The molecule has 0 spiro atoms. The fourth-order valence-electron chi connectivity index (χ4n) is 2.32. The zero-order valence-electron chi connectivity index (χ0n) is 9.95. The Morgan fingerprint density at radius 3 is 2.73 bits per heavy atom. The van der Waals surface area contributed by atoms with Crippen LogP contribution in [0.2, 0.25) is 0 Å². The molecule has 1 heterocycles. The Hall–Kier alpha value is -0.990. The van der Waals surface area contributed by atoms with Crippen LogP contribution in [0.1, 0.15) is 38.8 Å². The van der Waals surface area contributed by atoms with Crippen LogP contribution in [-0.2, 0) is 6.54 Å². The van der Waals surface area contributed by atoms with Crippen molar-refractivity contribution < 1.29 is 0 Å². The molecule has 1 unspecified atom stereocenters. The number of anilines is 1. The summed E-state index contributed by atoms with van der Waals surface area (Å²) in [4.78, 5) is 0. The van der Waals surface area contributed by atoms with Crippen molar-refractivity contribution in [3.63, 3.8) is 0 Å². The predicted octanol–water partition coefficient (Wildman–Crippen LogP) is 2.60. The zero-order chi connectivity index (χ0) is 11.1. The van der Waals surface area contributed by atoms with Gasteiger partial charge in [0.1, 0.15) is 5.82 Å². The average molecular weight is 207 g/mol. The van der Waals surface area contributed by atoms with Crippen molar-refractivity contribution in [1.82, 2.24) is 9.78 Å². The van der Waals surface area contributed by atoms with Gasteiger partial charge in [0.15, 0.2) is 0 Å². The number of nitrogens with zero attached hydrogens (tertiary/aromatic N) is 2. The van der Waals surface area contributed by atoms with Gasteiger partial charge in [-0.05, 0) is 37.5 Å². The SMILES string of the molecule is Cc1cc(N)nn1CCCC1CC1(C)C. The molecule has 1 aromatic heterocycles. The molecule has 0 saturated heterocycles. The lowest BCUT2D eigenvalue weighted by molar-refractivity contribution is 0.476. The Morgan fingerprint density at radius 1 is 1.60 bits per heavy atom. The van der Waals surface area contributed by atoms with E-state index in [9.17, 15) is 0 Å². The number of hydrogen-bond donors (Lipinski definition) is 1. The summed E-state index contributed by atoms with van der Waals surface area (Å²) < 4.78 is 2.02. The molecular formula is C12H21N3. The van der Waals surface area contributed by atoms with E-state index in [-0.39, 0.29) is 0 Å². The van der Waals surface area contributed by atoms with Gasteiger partial charge in [-0.15, -0.1) is 0 Å². The highest BCUT2D eigenvalue weighted by Crippen LogP contribution is 2.54. The molecule has 1 saturated carbocycles. The lowest BCUT2D eigenvalue weighted by Crippen LogP contribution is -2.03. The third-order valence-electron chi connectivity index (χ3n) is 3.64. The van der Waals surface area contributed by atoms with E-state index in [1.54, 1.807) is 0 Å². The smallest absolute Gasteiger partial charge is 0.145 e. The van der Waals surface area contributed by atoms with Crippen molar-refractivity contribution in [3.05, 3.63) is 11.8 Å². The van der Waals surface area contributed by atoms with Gasteiger partial charge in [0.2, 0.25) is 0 Å². The van der Waals surface area contributed by atoms with Crippen LogP contribution in [0.3, 0.4) is 0 Å². The highest BCUT2D eigenvalue weighted by Gasteiger charge is 2.44. The first-order valence-electron chi connectivity index (χ1n) is 5.79. The lowest BCUT2D eigenvalue weighted by atomic mass is 10.1. The van der Waals surface area contributed by atoms with Crippen LogP contribution in [0.15, 0.2) is 6.07 Å². The maximum atomic E-state index is 5.63. The molecule has 15 heavy (non-hydrogen) atoms. The maximum absolute atomic E-state index is 5.63. The molecule has 0 aliphatic heterocycles. The topological polar surface area (TPSA) is 43.8 Å². The van der Waals surface area contributed by atoms with Gasteiger partial charge in [-0.1, -0.05) is 13.8 Å². The second-order valence-electron chi connectivity index (χ2n) is 5.47. The average Bonchev–Trinajstić information content (AvgIpc) is 2.58. The van der Waals surface area contributed by atoms with E-state index in [4.69, 9.17) is 5.73 Å². The van der Waals surface area contributed by atoms with Crippen LogP contribution in [0.25, 0.3) is 0 Å². The van der Waals surface area contributed by atoms with Crippen LogP contribution in [-0.4, -0.2) is 9.78 Å². The van der Waals surface area contributed by atoms with Crippen LogP contribution < -0.4 is 5.73 Å². The van der Waals surface area contributed by atoms with Gasteiger partial charge < -0.3 is 5.73 Å². The highest BCUT2D eigenvalue weighted by atomic mass is 15.3. The van der Waals surface area contributed by atoms with Gasteiger partial charge in [0.25, 0.3) is 0 Å². The number of aromatic nitrogens is 2. The second-order valence-corrected chi connectivity index (χ2v) is 5.47. The van der Waals surface area contributed by atoms with Gasteiger partial charge in [-0.25, -0.2) is 0 Å². The fraction of sp³-hybridized carbons (Fsp3) is 0.750. The van der Waals surface area contributed by atoms with Gasteiger partial charge in [-0.3, -0.25) is 4.68 Å². The summed E-state index contributed by atoms with van der Waals surface area (Å²) >= 11 is 0. The normalized spacial score (nSPS) is 23.0. The molecule has 0 amide bonds. The monoisotopic (exact) mass is 207 g/mol. The Balaban J connectivity index is 1.77. The van der Waals surface area contributed by atoms with E-state index in [2.05, 4.69) is 25.9 Å². The fourth-order valence-corrected chi connectivity index (χ4v) is 2.32. The molecule has 2 N–H and O–H groups in total. The maximum Gasteiger partial charge on any atom is 0.145 e. The molecule has 1 aromatic rings. The molecule has 3 nitrogen and oxygen atoms in total. The van der Waals surface area contributed by atoms with E-state index in [0.717, 1.165) is 12.5 Å². The third kappa shape index (κ3) is 2.33. The van der Waals surface area contributed by atoms with Crippen molar-refractivity contribution in [2.24, 2.45) is 11.3 Å². The molecule has 3 heteroatoms. The second kappa shape index (κ2) is 3.54. The highest BCUT2D eigenvalue weighted by molar-refractivity contribution is 5.28. The van der Waals surface area contributed by atoms with Crippen molar-refractivity contribution in [2.75, 3.05) is 5.73 Å². The molecule has 1 aliphatic carbocycles. The minimum atomic E-state index is 0.609. The number of hydrogen-bond acceptors (Lipinski definition) is 2. The van der Waals surface area contributed by atoms with E-state index < -0.39 is 0 Å². The number of rotatable bonds is 4. The largest absolute Gasteiger partial charge is 0.382 e. The predicted molar refractivity (Wildman–Crippen MR) is 62.5 cm³/mol. The van der Waals surface area contributed by atoms with Gasteiger partial charge in [0, 0.05) is 18.3 Å². The summed E-state index contributed by atoms with van der Waals surface area (Å²) in [6, 6.07) is 1.93. The van der Waals surface area contributed by atoms with E-state index in [1.807, 2.05) is 10.7 Å². The molecule has 1 atom stereocenters. The van der Waals surface area contributed by atoms with Gasteiger partial charge in [-0.2, -0.15) is 5.10 Å². The third-order valence-corrected chi connectivity index (χ3v) is 3.64. The summed E-state index contributed by atoms with van der Waals surface area (Å²) in [5.41, 5.74) is 7.41. The quantitative estimate of drug-likeness (QED) is 0.824. The Morgan fingerprint density at radius 2 is 2.27 bits per heavy atom. The molecule has 1 aliphatic rings. The summed E-state index contributed by atoms with van der Waals surface area (Å²) in [6.45, 7) is 7.78. The number of aryl methyl sites for hydroxylation is 2. The van der Waals surface area contributed by atoms with E-state index >= 15 is 0 Å². The minimum Gasteiger partial charge on any atom is -0.382 e. The summed E-state index contributed by atoms with van der Waals surface area (Å²) in [6.07, 6.45) is 3.94. The molecule has 2 rings (SSSR count). The summed E-state index contributed by atoms with van der Waals surface area (Å²) in [5.74, 6) is 1.57. The number of nitrogens with two attached hydrogens (primary N) is 1. The van der Waals surface area contributed by atoms with Crippen LogP contribution >= 0.6 is 0 Å². The first-order valence-corrected chi connectivity index (χ1v) is 5.79. The molecule has 84 valence electrons. The molecular weight excluding hydrogens is 186 g/mol. The van der Waals surface area contributed by atoms with E-state index in [0.29, 0.717) is 11.2 Å². The first kappa shape index (κ1) is 10.5.